The Labute approximate surface area is 135 Å². The van der Waals surface area contributed by atoms with E-state index in [1.54, 1.807) is 0 Å². The van der Waals surface area contributed by atoms with Crippen molar-refractivity contribution in [3.05, 3.63) is 0 Å². The van der Waals surface area contributed by atoms with Crippen molar-refractivity contribution in [1.82, 2.24) is 16.0 Å². The minimum Gasteiger partial charge on any atom is -0.444 e. The van der Waals surface area contributed by atoms with Crippen molar-refractivity contribution in [2.75, 3.05) is 19.6 Å². The van der Waals surface area contributed by atoms with Gasteiger partial charge in [-0.1, -0.05) is 13.8 Å². The monoisotopic (exact) mass is 313 g/mol. The van der Waals surface area contributed by atoms with Crippen molar-refractivity contribution < 1.29 is 9.53 Å². The van der Waals surface area contributed by atoms with Crippen molar-refractivity contribution in [3.63, 3.8) is 0 Å². The van der Waals surface area contributed by atoms with E-state index in [0.717, 1.165) is 25.9 Å². The van der Waals surface area contributed by atoms with E-state index in [1.165, 1.54) is 12.8 Å². The SMILES string of the molecule is CC(C)CC(CNC(=O)OC(C)(C)C)NC1CCCNCC1. The van der Waals surface area contributed by atoms with E-state index in [-0.39, 0.29) is 6.09 Å². The molecule has 0 aromatic carbocycles. The van der Waals surface area contributed by atoms with Gasteiger partial charge in [-0.2, -0.15) is 0 Å². The third kappa shape index (κ3) is 9.26. The highest BCUT2D eigenvalue weighted by atomic mass is 16.6. The van der Waals surface area contributed by atoms with Crippen LogP contribution in [0.2, 0.25) is 0 Å². The van der Waals surface area contributed by atoms with Crippen molar-refractivity contribution in [1.29, 1.82) is 0 Å². The summed E-state index contributed by atoms with van der Waals surface area (Å²) >= 11 is 0. The lowest BCUT2D eigenvalue weighted by Gasteiger charge is -2.27. The molecule has 5 heteroatoms. The molecule has 2 atom stereocenters. The van der Waals surface area contributed by atoms with Crippen LogP contribution in [0.25, 0.3) is 0 Å². The summed E-state index contributed by atoms with van der Waals surface area (Å²) in [6.07, 6.45) is 4.30. The van der Waals surface area contributed by atoms with E-state index in [1.807, 2.05) is 20.8 Å². The van der Waals surface area contributed by atoms with Crippen LogP contribution in [0.1, 0.15) is 60.3 Å². The van der Waals surface area contributed by atoms with E-state index in [2.05, 4.69) is 29.8 Å². The zero-order chi connectivity index (χ0) is 16.6. The third-order valence-corrected chi connectivity index (χ3v) is 3.69. The van der Waals surface area contributed by atoms with E-state index in [9.17, 15) is 4.79 Å². The normalized spacial score (nSPS) is 21.3. The first-order valence-corrected chi connectivity index (χ1v) is 8.70. The summed E-state index contributed by atoms with van der Waals surface area (Å²) < 4.78 is 5.32. The number of hydrogen-bond acceptors (Lipinski definition) is 4. The molecule has 1 fully saturated rings. The zero-order valence-corrected chi connectivity index (χ0v) is 15.0. The Morgan fingerprint density at radius 3 is 2.64 bits per heavy atom. The largest absolute Gasteiger partial charge is 0.444 e. The molecule has 0 radical (unpaired) electrons. The van der Waals surface area contributed by atoms with Gasteiger partial charge in [0, 0.05) is 18.6 Å². The Morgan fingerprint density at radius 2 is 2.00 bits per heavy atom. The molecule has 0 bridgehead atoms. The highest BCUT2D eigenvalue weighted by molar-refractivity contribution is 5.67. The van der Waals surface area contributed by atoms with Crippen LogP contribution in [-0.2, 0) is 4.74 Å². The second-order valence-electron chi connectivity index (χ2n) is 7.75. The Bertz CT molecular complexity index is 318. The van der Waals surface area contributed by atoms with E-state index < -0.39 is 5.60 Å². The van der Waals surface area contributed by atoms with Gasteiger partial charge in [-0.25, -0.2) is 4.79 Å². The molecule has 130 valence electrons. The molecule has 1 amide bonds. The number of alkyl carbamates (subject to hydrolysis) is 1. The Morgan fingerprint density at radius 1 is 1.27 bits per heavy atom. The number of carbonyl (C=O) groups is 1. The Balaban J connectivity index is 2.44. The topological polar surface area (TPSA) is 62.4 Å². The van der Waals surface area contributed by atoms with E-state index in [4.69, 9.17) is 4.74 Å². The number of carbonyl (C=O) groups excluding carboxylic acids is 1. The summed E-state index contributed by atoms with van der Waals surface area (Å²) in [4.78, 5) is 11.8. The minimum absolute atomic E-state index is 0.301. The van der Waals surface area contributed by atoms with Gasteiger partial charge in [-0.3, -0.25) is 0 Å². The second kappa shape index (κ2) is 9.36. The number of nitrogens with one attached hydrogen (secondary N) is 3. The van der Waals surface area contributed by atoms with Crippen LogP contribution in [0.4, 0.5) is 4.79 Å². The second-order valence-corrected chi connectivity index (χ2v) is 7.75. The molecule has 1 aliphatic heterocycles. The fraction of sp³-hybridized carbons (Fsp3) is 0.941. The molecule has 0 spiro atoms. The van der Waals surface area contributed by atoms with Crippen LogP contribution in [0.3, 0.4) is 0 Å². The highest BCUT2D eigenvalue weighted by Crippen LogP contribution is 2.11. The molecule has 0 aromatic rings. The van der Waals surface area contributed by atoms with Gasteiger partial charge in [0.25, 0.3) is 0 Å². The maximum absolute atomic E-state index is 11.8. The number of hydrogen-bond donors (Lipinski definition) is 3. The quantitative estimate of drug-likeness (QED) is 0.705. The average molecular weight is 313 g/mol. The lowest BCUT2D eigenvalue weighted by molar-refractivity contribution is 0.0519. The van der Waals surface area contributed by atoms with Crippen LogP contribution in [0.15, 0.2) is 0 Å². The van der Waals surface area contributed by atoms with Gasteiger partial charge < -0.3 is 20.7 Å². The molecule has 1 aliphatic rings. The molecule has 0 aliphatic carbocycles. The summed E-state index contributed by atoms with van der Waals surface area (Å²) in [5.74, 6) is 0.599. The van der Waals surface area contributed by atoms with Gasteiger partial charge in [0.05, 0.1) is 0 Å². The molecule has 1 saturated heterocycles. The minimum atomic E-state index is -0.446. The molecule has 22 heavy (non-hydrogen) atoms. The highest BCUT2D eigenvalue weighted by Gasteiger charge is 2.20. The van der Waals surface area contributed by atoms with Gasteiger partial charge in [0.1, 0.15) is 5.60 Å². The lowest BCUT2D eigenvalue weighted by Crippen LogP contribution is -2.47. The number of amides is 1. The maximum atomic E-state index is 11.8. The summed E-state index contributed by atoms with van der Waals surface area (Å²) in [7, 11) is 0. The first-order valence-electron chi connectivity index (χ1n) is 8.70. The molecule has 0 aromatic heterocycles. The predicted molar refractivity (Wildman–Crippen MR) is 91.1 cm³/mol. The standard InChI is InChI=1S/C17H35N3O2/c1-13(2)11-15(12-19-16(21)22-17(3,4)5)20-14-7-6-9-18-10-8-14/h13-15,18,20H,6-12H2,1-5H3,(H,19,21). The van der Waals surface area contributed by atoms with Crippen LogP contribution in [0.5, 0.6) is 0 Å². The van der Waals surface area contributed by atoms with Gasteiger partial charge >= 0.3 is 6.09 Å². The van der Waals surface area contributed by atoms with Gasteiger partial charge in [-0.15, -0.1) is 0 Å². The molecule has 2 unspecified atom stereocenters. The van der Waals surface area contributed by atoms with Gasteiger partial charge in [0.2, 0.25) is 0 Å². The van der Waals surface area contributed by atoms with Crippen molar-refractivity contribution in [2.45, 2.75) is 78.0 Å². The van der Waals surface area contributed by atoms with E-state index in [0.29, 0.717) is 24.5 Å². The summed E-state index contributed by atoms with van der Waals surface area (Å²) in [5, 5.41) is 10.1. The Kier molecular flexibility index (Phi) is 8.18. The molecular weight excluding hydrogens is 278 g/mol. The van der Waals surface area contributed by atoms with Crippen LogP contribution >= 0.6 is 0 Å². The van der Waals surface area contributed by atoms with E-state index >= 15 is 0 Å². The summed E-state index contributed by atoms with van der Waals surface area (Å²) in [5.41, 5.74) is -0.446. The molecule has 1 rings (SSSR count). The predicted octanol–water partition coefficient (Wildman–Crippen LogP) is 2.66. The first kappa shape index (κ1) is 19.2. The van der Waals surface area contributed by atoms with Crippen molar-refractivity contribution in [3.8, 4) is 0 Å². The fourth-order valence-electron chi connectivity index (χ4n) is 2.82. The van der Waals surface area contributed by atoms with Gasteiger partial charge in [0.15, 0.2) is 0 Å². The van der Waals surface area contributed by atoms with Gasteiger partial charge in [-0.05, 0) is 65.5 Å². The average Bonchev–Trinajstić information content (AvgIpc) is 2.62. The van der Waals surface area contributed by atoms with Crippen molar-refractivity contribution >= 4 is 6.09 Å². The number of ether oxygens (including phenoxy) is 1. The molecule has 1 heterocycles. The summed E-state index contributed by atoms with van der Waals surface area (Å²) in [6, 6.07) is 0.842. The summed E-state index contributed by atoms with van der Waals surface area (Å²) in [6.45, 7) is 12.9. The third-order valence-electron chi connectivity index (χ3n) is 3.69. The van der Waals surface area contributed by atoms with Crippen LogP contribution in [-0.4, -0.2) is 43.4 Å². The molecular formula is C17H35N3O2. The lowest BCUT2D eigenvalue weighted by atomic mass is 10.0. The van der Waals surface area contributed by atoms with Crippen LogP contribution in [0, 0.1) is 5.92 Å². The smallest absolute Gasteiger partial charge is 0.407 e. The van der Waals surface area contributed by atoms with Crippen molar-refractivity contribution in [2.24, 2.45) is 5.92 Å². The first-order chi connectivity index (χ1) is 10.3. The Hall–Kier alpha value is -0.810. The molecule has 5 nitrogen and oxygen atoms in total. The number of rotatable bonds is 6. The molecule has 0 saturated carbocycles. The van der Waals surface area contributed by atoms with Crippen LogP contribution < -0.4 is 16.0 Å². The maximum Gasteiger partial charge on any atom is 0.407 e. The zero-order valence-electron chi connectivity index (χ0n) is 15.0. The molecule has 3 N–H and O–H groups in total. The fourth-order valence-corrected chi connectivity index (χ4v) is 2.82.